The van der Waals surface area contributed by atoms with Crippen LogP contribution in [0.2, 0.25) is 0 Å². The van der Waals surface area contributed by atoms with Crippen molar-refractivity contribution in [3.63, 3.8) is 0 Å². The molecule has 0 bridgehead atoms. The molecule has 1 aromatic carbocycles. The molecule has 0 radical (unpaired) electrons. The molecule has 3 rings (SSSR count). The zero-order valence-electron chi connectivity index (χ0n) is 12.3. The highest BCUT2D eigenvalue weighted by atomic mass is 14.9. The van der Waals surface area contributed by atoms with Gasteiger partial charge in [0, 0.05) is 18.1 Å². The number of allylic oxidation sites excluding steroid dienone is 2. The fourth-order valence-electron chi connectivity index (χ4n) is 3.34. The van der Waals surface area contributed by atoms with Crippen molar-refractivity contribution in [2.24, 2.45) is 11.8 Å². The molecule has 20 heavy (non-hydrogen) atoms. The van der Waals surface area contributed by atoms with Crippen LogP contribution in [0.3, 0.4) is 0 Å². The summed E-state index contributed by atoms with van der Waals surface area (Å²) in [6.45, 7) is 5.60. The first kappa shape index (κ1) is 13.2. The Hall–Kier alpha value is -1.83. The van der Waals surface area contributed by atoms with E-state index in [2.05, 4.69) is 54.5 Å². The Morgan fingerprint density at radius 3 is 2.95 bits per heavy atom. The number of rotatable bonds is 3. The lowest BCUT2D eigenvalue weighted by atomic mass is 9.83. The lowest BCUT2D eigenvalue weighted by Gasteiger charge is -2.26. The Morgan fingerprint density at radius 2 is 2.10 bits per heavy atom. The standard InChI is InChI=1S/C18H22N2/c1-13-9-14(2)11-15(10-13)12-20-17-7-3-5-16-6-4-8-19-18(16)17/h3-9,13,15,20H,10-12H2,1-2H3. The molecule has 0 saturated heterocycles. The fourth-order valence-corrected chi connectivity index (χ4v) is 3.34. The number of fused-ring (bicyclic) bond motifs is 1. The Kier molecular flexibility index (Phi) is 3.72. The largest absolute Gasteiger partial charge is 0.383 e. The minimum absolute atomic E-state index is 0.709. The molecular weight excluding hydrogens is 244 g/mol. The Bertz CT molecular complexity index is 625. The van der Waals surface area contributed by atoms with Crippen LogP contribution in [0.15, 0.2) is 48.2 Å². The van der Waals surface area contributed by atoms with E-state index < -0.39 is 0 Å². The molecule has 1 aliphatic carbocycles. The SMILES string of the molecule is CC1=CC(C)CC(CNc2cccc3cccnc23)C1. The molecule has 2 unspecified atom stereocenters. The summed E-state index contributed by atoms with van der Waals surface area (Å²) in [4.78, 5) is 4.50. The normalized spacial score (nSPS) is 22.6. The molecule has 2 atom stereocenters. The van der Waals surface area contributed by atoms with Gasteiger partial charge in [-0.2, -0.15) is 0 Å². The van der Waals surface area contributed by atoms with Crippen molar-refractivity contribution in [3.8, 4) is 0 Å². The molecule has 2 nitrogen and oxygen atoms in total. The smallest absolute Gasteiger partial charge is 0.0933 e. The zero-order chi connectivity index (χ0) is 13.9. The highest BCUT2D eigenvalue weighted by Crippen LogP contribution is 2.29. The molecule has 0 saturated carbocycles. The average molecular weight is 266 g/mol. The van der Waals surface area contributed by atoms with Gasteiger partial charge in [-0.3, -0.25) is 4.98 Å². The highest BCUT2D eigenvalue weighted by Gasteiger charge is 2.18. The van der Waals surface area contributed by atoms with Crippen molar-refractivity contribution in [3.05, 3.63) is 48.2 Å². The molecular formula is C18H22N2. The molecule has 2 heteroatoms. The summed E-state index contributed by atoms with van der Waals surface area (Å²) in [6, 6.07) is 10.4. The molecule has 0 spiro atoms. The van der Waals surface area contributed by atoms with Gasteiger partial charge in [0.1, 0.15) is 0 Å². The summed E-state index contributed by atoms with van der Waals surface area (Å²) in [5.74, 6) is 1.44. The quantitative estimate of drug-likeness (QED) is 0.819. The van der Waals surface area contributed by atoms with Gasteiger partial charge in [0.15, 0.2) is 0 Å². The van der Waals surface area contributed by atoms with Gasteiger partial charge in [0.25, 0.3) is 0 Å². The van der Waals surface area contributed by atoms with Crippen LogP contribution in [0.5, 0.6) is 0 Å². The van der Waals surface area contributed by atoms with Gasteiger partial charge in [0.2, 0.25) is 0 Å². The van der Waals surface area contributed by atoms with Crippen LogP contribution < -0.4 is 5.32 Å². The number of anilines is 1. The van der Waals surface area contributed by atoms with Gasteiger partial charge < -0.3 is 5.32 Å². The zero-order valence-corrected chi connectivity index (χ0v) is 12.3. The Labute approximate surface area is 120 Å². The minimum atomic E-state index is 0.709. The predicted molar refractivity (Wildman–Crippen MR) is 85.9 cm³/mol. The Balaban J connectivity index is 1.73. The van der Waals surface area contributed by atoms with Crippen molar-refractivity contribution >= 4 is 16.6 Å². The number of nitrogens with zero attached hydrogens (tertiary/aromatic N) is 1. The number of aromatic nitrogens is 1. The van der Waals surface area contributed by atoms with Crippen LogP contribution >= 0.6 is 0 Å². The van der Waals surface area contributed by atoms with Crippen molar-refractivity contribution in [1.82, 2.24) is 4.98 Å². The topological polar surface area (TPSA) is 24.9 Å². The first-order valence-corrected chi connectivity index (χ1v) is 7.47. The number of hydrogen-bond acceptors (Lipinski definition) is 2. The second kappa shape index (κ2) is 5.66. The highest BCUT2D eigenvalue weighted by molar-refractivity contribution is 5.90. The van der Waals surface area contributed by atoms with Crippen LogP contribution in [0.4, 0.5) is 5.69 Å². The summed E-state index contributed by atoms with van der Waals surface area (Å²) in [7, 11) is 0. The van der Waals surface area contributed by atoms with Gasteiger partial charge in [-0.05, 0) is 43.7 Å². The van der Waals surface area contributed by atoms with Crippen LogP contribution in [0.25, 0.3) is 10.9 Å². The monoisotopic (exact) mass is 266 g/mol. The van der Waals surface area contributed by atoms with Crippen molar-refractivity contribution < 1.29 is 0 Å². The third kappa shape index (κ3) is 2.84. The van der Waals surface area contributed by atoms with Gasteiger partial charge >= 0.3 is 0 Å². The van der Waals surface area contributed by atoms with E-state index in [1.165, 1.54) is 23.8 Å². The van der Waals surface area contributed by atoms with E-state index in [1.54, 1.807) is 0 Å². The maximum Gasteiger partial charge on any atom is 0.0933 e. The maximum atomic E-state index is 4.50. The van der Waals surface area contributed by atoms with Crippen molar-refractivity contribution in [2.75, 3.05) is 11.9 Å². The van der Waals surface area contributed by atoms with Gasteiger partial charge in [0.05, 0.1) is 11.2 Å². The van der Waals surface area contributed by atoms with Crippen molar-refractivity contribution in [2.45, 2.75) is 26.7 Å². The van der Waals surface area contributed by atoms with Crippen LogP contribution in [-0.2, 0) is 0 Å². The number of nitrogens with one attached hydrogen (secondary N) is 1. The molecule has 0 aliphatic heterocycles. The predicted octanol–water partition coefficient (Wildman–Crippen LogP) is 4.64. The van der Waals surface area contributed by atoms with Gasteiger partial charge in [-0.25, -0.2) is 0 Å². The van der Waals surface area contributed by atoms with E-state index in [0.29, 0.717) is 5.92 Å². The molecule has 0 fully saturated rings. The summed E-state index contributed by atoms with van der Waals surface area (Å²) in [5, 5.41) is 4.81. The molecule has 1 aliphatic rings. The average Bonchev–Trinajstić information content (AvgIpc) is 2.44. The molecule has 104 valence electrons. The molecule has 2 aromatic rings. The van der Waals surface area contributed by atoms with Gasteiger partial charge in [-0.1, -0.05) is 36.8 Å². The van der Waals surface area contributed by atoms with E-state index >= 15 is 0 Å². The summed E-state index contributed by atoms with van der Waals surface area (Å²) in [6.07, 6.45) is 6.77. The van der Waals surface area contributed by atoms with Gasteiger partial charge in [-0.15, -0.1) is 0 Å². The van der Waals surface area contributed by atoms with Crippen LogP contribution in [0, 0.1) is 11.8 Å². The lowest BCUT2D eigenvalue weighted by Crippen LogP contribution is -2.20. The van der Waals surface area contributed by atoms with Crippen LogP contribution in [-0.4, -0.2) is 11.5 Å². The first-order valence-electron chi connectivity index (χ1n) is 7.47. The van der Waals surface area contributed by atoms with Crippen LogP contribution in [0.1, 0.15) is 26.7 Å². The molecule has 0 amide bonds. The van der Waals surface area contributed by atoms with Crippen molar-refractivity contribution in [1.29, 1.82) is 0 Å². The van der Waals surface area contributed by atoms with E-state index in [-0.39, 0.29) is 0 Å². The van der Waals surface area contributed by atoms with E-state index in [0.717, 1.165) is 23.7 Å². The number of benzene rings is 1. The second-order valence-corrected chi connectivity index (χ2v) is 6.06. The minimum Gasteiger partial charge on any atom is -0.383 e. The summed E-state index contributed by atoms with van der Waals surface area (Å²) < 4.78 is 0. The summed E-state index contributed by atoms with van der Waals surface area (Å²) in [5.41, 5.74) is 3.76. The van der Waals surface area contributed by atoms with E-state index in [9.17, 15) is 0 Å². The number of hydrogen-bond donors (Lipinski definition) is 1. The Morgan fingerprint density at radius 1 is 1.25 bits per heavy atom. The summed E-state index contributed by atoms with van der Waals surface area (Å²) >= 11 is 0. The molecule has 1 aromatic heterocycles. The van der Waals surface area contributed by atoms with E-state index in [1.807, 2.05) is 12.3 Å². The molecule has 1 heterocycles. The first-order chi connectivity index (χ1) is 9.72. The fraction of sp³-hybridized carbons (Fsp3) is 0.389. The third-order valence-corrected chi connectivity index (χ3v) is 4.10. The number of para-hydroxylation sites is 1. The maximum absolute atomic E-state index is 4.50. The lowest BCUT2D eigenvalue weighted by molar-refractivity contribution is 0.421. The van der Waals surface area contributed by atoms with E-state index in [4.69, 9.17) is 0 Å². The number of pyridine rings is 1. The second-order valence-electron chi connectivity index (χ2n) is 6.06. The third-order valence-electron chi connectivity index (χ3n) is 4.10. The molecule has 1 N–H and O–H groups in total.